The Bertz CT molecular complexity index is 191. The van der Waals surface area contributed by atoms with Gasteiger partial charge in [0.15, 0.2) is 0 Å². The second kappa shape index (κ2) is 4.09. The van der Waals surface area contributed by atoms with Gasteiger partial charge in [0.05, 0.1) is 6.54 Å². The molecule has 1 heterocycles. The lowest BCUT2D eigenvalue weighted by molar-refractivity contribution is -0.135. The second-order valence-electron chi connectivity index (χ2n) is 4.27. The number of hydrogen-bond acceptors (Lipinski definition) is 2. The molecule has 0 aromatic rings. The zero-order valence-electron chi connectivity index (χ0n) is 9.08. The monoisotopic (exact) mass is 184 g/mol. The maximum atomic E-state index is 11.4. The smallest absolute Gasteiger partial charge is 0.236 e. The molecule has 1 amide bonds. The molecule has 0 bridgehead atoms. The van der Waals surface area contributed by atoms with Gasteiger partial charge in [-0.25, -0.2) is 0 Å². The van der Waals surface area contributed by atoms with Gasteiger partial charge in [0, 0.05) is 26.2 Å². The van der Waals surface area contributed by atoms with E-state index in [4.69, 9.17) is 0 Å². The van der Waals surface area contributed by atoms with Crippen LogP contribution >= 0.6 is 0 Å². The van der Waals surface area contributed by atoms with Crippen LogP contribution in [0.2, 0.25) is 0 Å². The van der Waals surface area contributed by atoms with Crippen molar-refractivity contribution in [2.45, 2.75) is 26.8 Å². The highest BCUT2D eigenvalue weighted by molar-refractivity contribution is 5.78. The molecule has 0 aromatic carbocycles. The van der Waals surface area contributed by atoms with Crippen molar-refractivity contribution in [1.82, 2.24) is 9.80 Å². The maximum Gasteiger partial charge on any atom is 0.236 e. The van der Waals surface area contributed by atoms with Gasteiger partial charge >= 0.3 is 0 Å². The minimum atomic E-state index is 0.249. The number of carbonyl (C=O) groups excluding carboxylic acids is 1. The molecule has 0 N–H and O–H groups in total. The van der Waals surface area contributed by atoms with E-state index >= 15 is 0 Å². The van der Waals surface area contributed by atoms with E-state index in [9.17, 15) is 4.79 Å². The standard InChI is InChI=1S/C10H20N2O/c1-8(2)9(3)12-6-5-11(4)10(13)7-12/h8-9H,5-7H2,1-4H3. The van der Waals surface area contributed by atoms with Crippen LogP contribution in [0.1, 0.15) is 20.8 Å². The first-order valence-corrected chi connectivity index (χ1v) is 5.00. The minimum Gasteiger partial charge on any atom is -0.343 e. The summed E-state index contributed by atoms with van der Waals surface area (Å²) in [5, 5.41) is 0. The maximum absolute atomic E-state index is 11.4. The first-order valence-electron chi connectivity index (χ1n) is 5.00. The molecule has 0 spiro atoms. The van der Waals surface area contributed by atoms with Crippen LogP contribution in [0.4, 0.5) is 0 Å². The van der Waals surface area contributed by atoms with Crippen molar-refractivity contribution < 1.29 is 4.79 Å². The summed E-state index contributed by atoms with van der Waals surface area (Å²) < 4.78 is 0. The molecule has 1 fully saturated rings. The van der Waals surface area contributed by atoms with Crippen molar-refractivity contribution in [3.05, 3.63) is 0 Å². The number of hydrogen-bond donors (Lipinski definition) is 0. The number of piperazine rings is 1. The third kappa shape index (κ3) is 2.44. The summed E-state index contributed by atoms with van der Waals surface area (Å²) in [5.74, 6) is 0.870. The van der Waals surface area contributed by atoms with E-state index < -0.39 is 0 Å². The normalized spacial score (nSPS) is 22.5. The molecule has 3 nitrogen and oxygen atoms in total. The predicted octanol–water partition coefficient (Wildman–Crippen LogP) is 0.805. The van der Waals surface area contributed by atoms with Crippen molar-refractivity contribution >= 4 is 5.91 Å². The Morgan fingerprint density at radius 3 is 2.31 bits per heavy atom. The second-order valence-corrected chi connectivity index (χ2v) is 4.27. The zero-order chi connectivity index (χ0) is 10.0. The zero-order valence-corrected chi connectivity index (χ0v) is 9.08. The molecule has 76 valence electrons. The van der Waals surface area contributed by atoms with Gasteiger partial charge in [-0.1, -0.05) is 13.8 Å². The van der Waals surface area contributed by atoms with Gasteiger partial charge in [-0.3, -0.25) is 9.69 Å². The highest BCUT2D eigenvalue weighted by Crippen LogP contribution is 2.12. The van der Waals surface area contributed by atoms with Gasteiger partial charge in [0.25, 0.3) is 0 Å². The summed E-state index contributed by atoms with van der Waals surface area (Å²) in [5.41, 5.74) is 0. The average Bonchev–Trinajstić information content (AvgIpc) is 2.08. The molecule has 0 aliphatic carbocycles. The molecule has 0 saturated carbocycles. The fourth-order valence-electron chi connectivity index (χ4n) is 1.55. The van der Waals surface area contributed by atoms with Crippen LogP contribution in [0.5, 0.6) is 0 Å². The molecule has 0 radical (unpaired) electrons. The number of rotatable bonds is 2. The first-order chi connectivity index (χ1) is 6.02. The van der Waals surface area contributed by atoms with Crippen LogP contribution in [0, 0.1) is 5.92 Å². The van der Waals surface area contributed by atoms with Crippen molar-refractivity contribution in [1.29, 1.82) is 0 Å². The number of likely N-dealkylation sites (N-methyl/N-ethyl adjacent to an activating group) is 1. The Labute approximate surface area is 80.7 Å². The van der Waals surface area contributed by atoms with Crippen LogP contribution in [0.15, 0.2) is 0 Å². The molecule has 1 aliphatic heterocycles. The fraction of sp³-hybridized carbons (Fsp3) is 0.900. The van der Waals surface area contributed by atoms with E-state index in [-0.39, 0.29) is 5.91 Å². The average molecular weight is 184 g/mol. The predicted molar refractivity (Wildman–Crippen MR) is 53.5 cm³/mol. The Kier molecular flexibility index (Phi) is 3.31. The molecule has 3 heteroatoms. The summed E-state index contributed by atoms with van der Waals surface area (Å²) in [6.45, 7) is 9.08. The van der Waals surface area contributed by atoms with Crippen LogP contribution in [-0.4, -0.2) is 48.4 Å². The molecule has 1 atom stereocenters. The van der Waals surface area contributed by atoms with Crippen molar-refractivity contribution in [3.8, 4) is 0 Å². The molecule has 1 saturated heterocycles. The highest BCUT2D eigenvalue weighted by atomic mass is 16.2. The third-order valence-corrected chi connectivity index (χ3v) is 3.03. The van der Waals surface area contributed by atoms with Crippen molar-refractivity contribution in [3.63, 3.8) is 0 Å². The largest absolute Gasteiger partial charge is 0.343 e. The molecule has 0 aromatic heterocycles. The van der Waals surface area contributed by atoms with Crippen molar-refractivity contribution in [2.75, 3.05) is 26.7 Å². The van der Waals surface area contributed by atoms with E-state index in [0.717, 1.165) is 13.1 Å². The Balaban J connectivity index is 2.50. The van der Waals surface area contributed by atoms with Crippen LogP contribution in [-0.2, 0) is 4.79 Å². The van der Waals surface area contributed by atoms with Gasteiger partial charge < -0.3 is 4.90 Å². The summed E-state index contributed by atoms with van der Waals surface area (Å²) in [6.07, 6.45) is 0. The van der Waals surface area contributed by atoms with Crippen LogP contribution < -0.4 is 0 Å². The number of carbonyl (C=O) groups is 1. The Hall–Kier alpha value is -0.570. The Morgan fingerprint density at radius 1 is 1.23 bits per heavy atom. The van der Waals surface area contributed by atoms with E-state index in [1.54, 1.807) is 0 Å². The summed E-state index contributed by atoms with van der Waals surface area (Å²) in [7, 11) is 1.87. The molecular formula is C10H20N2O. The lowest BCUT2D eigenvalue weighted by atomic mass is 10.0. The quantitative estimate of drug-likeness (QED) is 0.634. The lowest BCUT2D eigenvalue weighted by Gasteiger charge is -2.37. The fourth-order valence-corrected chi connectivity index (χ4v) is 1.55. The molecule has 1 unspecified atom stereocenters. The van der Waals surface area contributed by atoms with E-state index in [0.29, 0.717) is 18.5 Å². The van der Waals surface area contributed by atoms with Crippen LogP contribution in [0.25, 0.3) is 0 Å². The van der Waals surface area contributed by atoms with E-state index in [2.05, 4.69) is 25.7 Å². The van der Waals surface area contributed by atoms with Gasteiger partial charge in [0.2, 0.25) is 5.91 Å². The lowest BCUT2D eigenvalue weighted by Crippen LogP contribution is -2.52. The SMILES string of the molecule is CC(C)C(C)N1CCN(C)C(=O)C1. The highest BCUT2D eigenvalue weighted by Gasteiger charge is 2.25. The summed E-state index contributed by atoms with van der Waals surface area (Å²) in [4.78, 5) is 15.5. The van der Waals surface area contributed by atoms with E-state index in [1.807, 2.05) is 11.9 Å². The van der Waals surface area contributed by atoms with E-state index in [1.165, 1.54) is 0 Å². The minimum absolute atomic E-state index is 0.249. The summed E-state index contributed by atoms with van der Waals surface area (Å²) in [6, 6.07) is 0.512. The van der Waals surface area contributed by atoms with Crippen LogP contribution in [0.3, 0.4) is 0 Å². The number of nitrogens with zero attached hydrogens (tertiary/aromatic N) is 2. The molecule has 13 heavy (non-hydrogen) atoms. The van der Waals surface area contributed by atoms with Crippen molar-refractivity contribution in [2.24, 2.45) is 5.92 Å². The molecule has 1 rings (SSSR count). The summed E-state index contributed by atoms with van der Waals surface area (Å²) >= 11 is 0. The van der Waals surface area contributed by atoms with Gasteiger partial charge in [-0.05, 0) is 12.8 Å². The topological polar surface area (TPSA) is 23.6 Å². The van der Waals surface area contributed by atoms with Gasteiger partial charge in [0.1, 0.15) is 0 Å². The molecule has 1 aliphatic rings. The van der Waals surface area contributed by atoms with Gasteiger partial charge in [-0.15, -0.1) is 0 Å². The number of amides is 1. The molecular weight excluding hydrogens is 164 g/mol. The Morgan fingerprint density at radius 2 is 1.85 bits per heavy atom. The van der Waals surface area contributed by atoms with Gasteiger partial charge in [-0.2, -0.15) is 0 Å². The first kappa shape index (κ1) is 10.5. The third-order valence-electron chi connectivity index (χ3n) is 3.03.